The molecule has 0 aliphatic heterocycles. The van der Waals surface area contributed by atoms with Gasteiger partial charge in [-0.15, -0.1) is 0 Å². The first-order chi connectivity index (χ1) is 8.44. The Kier molecular flexibility index (Phi) is 4.49. The van der Waals surface area contributed by atoms with Crippen LogP contribution in [-0.4, -0.2) is 17.9 Å². The molecule has 3 nitrogen and oxygen atoms in total. The first kappa shape index (κ1) is 14.2. The molecule has 96 valence electrons. The van der Waals surface area contributed by atoms with Crippen LogP contribution in [-0.2, 0) is 11.3 Å². The largest absolute Gasteiger partial charge is 0.340 e. The highest BCUT2D eigenvalue weighted by Gasteiger charge is 2.33. The fraction of sp³-hybridized carbons (Fsp3) is 0.467. The summed E-state index contributed by atoms with van der Waals surface area (Å²) in [7, 11) is 1.75. The molecule has 0 heterocycles. The van der Waals surface area contributed by atoms with Crippen molar-refractivity contribution in [2.24, 2.45) is 5.41 Å². The molecule has 0 N–H and O–H groups in total. The van der Waals surface area contributed by atoms with Crippen molar-refractivity contribution in [3.63, 3.8) is 0 Å². The Labute approximate surface area is 109 Å². The zero-order chi connectivity index (χ0) is 13.8. The number of nitrogens with zero attached hydrogens (tertiary/aromatic N) is 2. The third-order valence-electron chi connectivity index (χ3n) is 3.44. The van der Waals surface area contributed by atoms with Crippen molar-refractivity contribution in [3.8, 4) is 6.07 Å². The van der Waals surface area contributed by atoms with E-state index in [4.69, 9.17) is 5.26 Å². The van der Waals surface area contributed by atoms with Crippen molar-refractivity contribution in [2.75, 3.05) is 7.05 Å². The van der Waals surface area contributed by atoms with Crippen molar-refractivity contribution in [3.05, 3.63) is 35.4 Å². The van der Waals surface area contributed by atoms with Gasteiger partial charge in [0, 0.05) is 13.6 Å². The summed E-state index contributed by atoms with van der Waals surface area (Å²) in [6, 6.07) is 10.1. The Morgan fingerprint density at radius 2 is 2.06 bits per heavy atom. The Morgan fingerprint density at radius 1 is 1.44 bits per heavy atom. The summed E-state index contributed by atoms with van der Waals surface area (Å²) < 4.78 is 0. The molecule has 0 radical (unpaired) electrons. The van der Waals surface area contributed by atoms with Crippen LogP contribution in [0.2, 0.25) is 0 Å². The van der Waals surface area contributed by atoms with Crippen LogP contribution in [0.4, 0.5) is 0 Å². The number of nitriles is 1. The Bertz CT molecular complexity index is 476. The van der Waals surface area contributed by atoms with E-state index in [1.54, 1.807) is 18.9 Å². The zero-order valence-corrected chi connectivity index (χ0v) is 11.5. The molecular weight excluding hydrogens is 224 g/mol. The van der Waals surface area contributed by atoms with E-state index in [1.165, 1.54) is 0 Å². The smallest absolute Gasteiger partial charge is 0.242 e. The molecule has 0 spiro atoms. The van der Waals surface area contributed by atoms with Gasteiger partial charge in [-0.2, -0.15) is 5.26 Å². The van der Waals surface area contributed by atoms with Gasteiger partial charge in [0.25, 0.3) is 0 Å². The van der Waals surface area contributed by atoms with Crippen molar-refractivity contribution in [1.29, 1.82) is 5.26 Å². The van der Waals surface area contributed by atoms with Gasteiger partial charge in [0.05, 0.1) is 6.07 Å². The lowest BCUT2D eigenvalue weighted by atomic mass is 9.87. The molecule has 3 heteroatoms. The molecule has 1 aromatic rings. The Morgan fingerprint density at radius 3 is 2.56 bits per heavy atom. The van der Waals surface area contributed by atoms with Crippen molar-refractivity contribution < 1.29 is 4.79 Å². The van der Waals surface area contributed by atoms with Crippen molar-refractivity contribution in [2.45, 2.75) is 33.7 Å². The van der Waals surface area contributed by atoms with Gasteiger partial charge < -0.3 is 4.90 Å². The molecule has 0 aromatic heterocycles. The summed E-state index contributed by atoms with van der Waals surface area (Å²) in [5, 5.41) is 9.13. The lowest BCUT2D eigenvalue weighted by Crippen LogP contribution is -2.38. The summed E-state index contributed by atoms with van der Waals surface area (Å²) in [5.74, 6) is -0.115. The molecular formula is C15H20N2O. The van der Waals surface area contributed by atoms with E-state index in [2.05, 4.69) is 6.07 Å². The molecule has 0 fully saturated rings. The van der Waals surface area contributed by atoms with E-state index < -0.39 is 5.41 Å². The van der Waals surface area contributed by atoms with Crippen LogP contribution in [0.5, 0.6) is 0 Å². The normalized spacial score (nSPS) is 13.5. The van der Waals surface area contributed by atoms with Gasteiger partial charge in [-0.3, -0.25) is 4.79 Å². The lowest BCUT2D eigenvalue weighted by molar-refractivity contribution is -0.137. The van der Waals surface area contributed by atoms with Crippen LogP contribution < -0.4 is 0 Å². The molecule has 1 atom stereocenters. The highest BCUT2D eigenvalue weighted by Crippen LogP contribution is 2.23. The standard InChI is InChI=1S/C15H20N2O/c1-5-15(3,11-16)14(18)17(4)10-13-9-7-6-8-12(13)2/h6-9H,5,10H2,1-4H3. The van der Waals surface area contributed by atoms with Crippen molar-refractivity contribution >= 4 is 5.91 Å². The number of carbonyl (C=O) groups excluding carboxylic acids is 1. The summed E-state index contributed by atoms with van der Waals surface area (Å²) in [6.45, 7) is 6.13. The summed E-state index contributed by atoms with van der Waals surface area (Å²) in [6.07, 6.45) is 0.528. The van der Waals surface area contributed by atoms with E-state index in [0.717, 1.165) is 11.1 Å². The van der Waals surface area contributed by atoms with Crippen LogP contribution in [0, 0.1) is 23.7 Å². The Hall–Kier alpha value is -1.82. The summed E-state index contributed by atoms with van der Waals surface area (Å²) in [4.78, 5) is 13.9. The maximum atomic E-state index is 12.2. The van der Waals surface area contributed by atoms with Gasteiger partial charge in [-0.25, -0.2) is 0 Å². The maximum Gasteiger partial charge on any atom is 0.242 e. The van der Waals surface area contributed by atoms with Crippen LogP contribution >= 0.6 is 0 Å². The molecule has 18 heavy (non-hydrogen) atoms. The van der Waals surface area contributed by atoms with Gasteiger partial charge in [-0.05, 0) is 31.4 Å². The Balaban J connectivity index is 2.85. The summed E-state index contributed by atoms with van der Waals surface area (Å²) in [5.41, 5.74) is 1.36. The number of benzene rings is 1. The van der Waals surface area contributed by atoms with Crippen LogP contribution in [0.25, 0.3) is 0 Å². The van der Waals surface area contributed by atoms with Crippen LogP contribution in [0.15, 0.2) is 24.3 Å². The quantitative estimate of drug-likeness (QED) is 0.817. The number of rotatable bonds is 4. The zero-order valence-electron chi connectivity index (χ0n) is 11.5. The fourth-order valence-corrected chi connectivity index (χ4v) is 1.81. The molecule has 0 bridgehead atoms. The predicted molar refractivity (Wildman–Crippen MR) is 71.7 cm³/mol. The monoisotopic (exact) mass is 244 g/mol. The highest BCUT2D eigenvalue weighted by atomic mass is 16.2. The fourth-order valence-electron chi connectivity index (χ4n) is 1.81. The van der Waals surface area contributed by atoms with Gasteiger partial charge in [0.2, 0.25) is 5.91 Å². The minimum Gasteiger partial charge on any atom is -0.340 e. The van der Waals surface area contributed by atoms with Crippen LogP contribution in [0.1, 0.15) is 31.4 Å². The van der Waals surface area contributed by atoms with Gasteiger partial charge in [-0.1, -0.05) is 31.2 Å². The second kappa shape index (κ2) is 5.68. The average Bonchev–Trinajstić information content (AvgIpc) is 2.39. The number of aryl methyl sites for hydroxylation is 1. The predicted octanol–water partition coefficient (Wildman–Crippen LogP) is 2.89. The lowest BCUT2D eigenvalue weighted by Gasteiger charge is -2.26. The third-order valence-corrected chi connectivity index (χ3v) is 3.44. The van der Waals surface area contributed by atoms with Gasteiger partial charge in [0.1, 0.15) is 5.41 Å². The molecule has 1 amide bonds. The molecule has 1 unspecified atom stereocenters. The molecule has 0 aliphatic rings. The molecule has 0 saturated carbocycles. The van der Waals surface area contributed by atoms with Gasteiger partial charge >= 0.3 is 0 Å². The molecule has 0 aliphatic carbocycles. The molecule has 1 aromatic carbocycles. The number of amides is 1. The second-order valence-corrected chi connectivity index (χ2v) is 4.89. The SMILES string of the molecule is CCC(C)(C#N)C(=O)N(C)Cc1ccccc1C. The van der Waals surface area contributed by atoms with E-state index in [9.17, 15) is 4.79 Å². The number of hydrogen-bond donors (Lipinski definition) is 0. The number of carbonyl (C=O) groups is 1. The molecule has 1 rings (SSSR count). The molecule has 0 saturated heterocycles. The number of hydrogen-bond acceptors (Lipinski definition) is 2. The first-order valence-corrected chi connectivity index (χ1v) is 6.16. The topological polar surface area (TPSA) is 44.1 Å². The van der Waals surface area contributed by atoms with Gasteiger partial charge in [0.15, 0.2) is 0 Å². The minimum atomic E-state index is -0.919. The first-order valence-electron chi connectivity index (χ1n) is 6.16. The highest BCUT2D eigenvalue weighted by molar-refractivity contribution is 5.84. The third kappa shape index (κ3) is 2.89. The van der Waals surface area contributed by atoms with E-state index in [0.29, 0.717) is 13.0 Å². The van der Waals surface area contributed by atoms with E-state index in [-0.39, 0.29) is 5.91 Å². The van der Waals surface area contributed by atoms with E-state index >= 15 is 0 Å². The van der Waals surface area contributed by atoms with E-state index in [1.807, 2.05) is 38.1 Å². The minimum absolute atomic E-state index is 0.115. The second-order valence-electron chi connectivity index (χ2n) is 4.89. The maximum absolute atomic E-state index is 12.2. The summed E-state index contributed by atoms with van der Waals surface area (Å²) >= 11 is 0. The van der Waals surface area contributed by atoms with Crippen molar-refractivity contribution in [1.82, 2.24) is 4.90 Å². The van der Waals surface area contributed by atoms with Crippen LogP contribution in [0.3, 0.4) is 0 Å². The average molecular weight is 244 g/mol.